The molecule has 3 rings (SSSR count). The molecule has 0 aromatic heterocycles. The number of rotatable bonds is 5. The Balaban J connectivity index is 1.55. The van der Waals surface area contributed by atoms with Gasteiger partial charge in [-0.1, -0.05) is 13.3 Å². The average molecular weight is 250 g/mol. The van der Waals surface area contributed by atoms with E-state index in [1.54, 1.807) is 19.3 Å². The summed E-state index contributed by atoms with van der Waals surface area (Å²) < 4.78 is 0. The maximum absolute atomic E-state index is 3.59. The van der Waals surface area contributed by atoms with Crippen LogP contribution in [-0.4, -0.2) is 37.1 Å². The SMILES string of the molecule is CCCN(CC1CC2CCC1C2)C1CCCNC1. The molecule has 2 aliphatic carbocycles. The molecule has 0 aromatic carbocycles. The zero-order valence-electron chi connectivity index (χ0n) is 12.0. The monoisotopic (exact) mass is 250 g/mol. The van der Waals surface area contributed by atoms with Crippen LogP contribution in [0.5, 0.6) is 0 Å². The highest BCUT2D eigenvalue weighted by molar-refractivity contribution is 4.92. The molecule has 18 heavy (non-hydrogen) atoms. The van der Waals surface area contributed by atoms with Crippen LogP contribution in [-0.2, 0) is 0 Å². The Labute approximate surface area is 113 Å². The molecule has 3 aliphatic rings. The molecular formula is C16H30N2. The minimum Gasteiger partial charge on any atom is -0.315 e. The number of piperidine rings is 1. The van der Waals surface area contributed by atoms with Crippen molar-refractivity contribution in [1.29, 1.82) is 0 Å². The number of fused-ring (bicyclic) bond motifs is 2. The summed E-state index contributed by atoms with van der Waals surface area (Å²) in [5.41, 5.74) is 0. The molecule has 1 N–H and O–H groups in total. The molecule has 104 valence electrons. The molecule has 0 amide bonds. The summed E-state index contributed by atoms with van der Waals surface area (Å²) in [4.78, 5) is 2.83. The Hall–Kier alpha value is -0.0800. The van der Waals surface area contributed by atoms with Gasteiger partial charge in [-0.3, -0.25) is 4.90 Å². The molecule has 0 spiro atoms. The predicted octanol–water partition coefficient (Wildman–Crippen LogP) is 2.89. The Morgan fingerprint density at radius 1 is 1.17 bits per heavy atom. The molecule has 1 saturated heterocycles. The van der Waals surface area contributed by atoms with E-state index >= 15 is 0 Å². The lowest BCUT2D eigenvalue weighted by atomic mass is 9.88. The largest absolute Gasteiger partial charge is 0.315 e. The van der Waals surface area contributed by atoms with E-state index in [1.807, 2.05) is 0 Å². The van der Waals surface area contributed by atoms with Gasteiger partial charge in [0.2, 0.25) is 0 Å². The van der Waals surface area contributed by atoms with Crippen molar-refractivity contribution in [1.82, 2.24) is 10.2 Å². The van der Waals surface area contributed by atoms with Gasteiger partial charge >= 0.3 is 0 Å². The summed E-state index contributed by atoms with van der Waals surface area (Å²) in [5.74, 6) is 3.23. The van der Waals surface area contributed by atoms with Crippen molar-refractivity contribution in [2.45, 2.75) is 57.9 Å². The molecule has 0 radical (unpaired) electrons. The third-order valence-electron chi connectivity index (χ3n) is 5.65. The smallest absolute Gasteiger partial charge is 0.0221 e. The second-order valence-corrected chi connectivity index (χ2v) is 6.93. The van der Waals surface area contributed by atoms with Crippen LogP contribution >= 0.6 is 0 Å². The molecule has 2 nitrogen and oxygen atoms in total. The first-order valence-electron chi connectivity index (χ1n) is 8.31. The molecule has 2 heteroatoms. The van der Waals surface area contributed by atoms with Gasteiger partial charge in [0.1, 0.15) is 0 Å². The topological polar surface area (TPSA) is 15.3 Å². The molecular weight excluding hydrogens is 220 g/mol. The maximum Gasteiger partial charge on any atom is 0.0221 e. The third kappa shape index (κ3) is 2.75. The van der Waals surface area contributed by atoms with Crippen LogP contribution in [0, 0.1) is 17.8 Å². The standard InChI is InChI=1S/C16H30N2/c1-2-8-18(16-4-3-7-17-11-16)12-15-10-13-5-6-14(15)9-13/h13-17H,2-12H2,1H3. The zero-order chi connectivity index (χ0) is 12.4. The molecule has 0 aromatic rings. The zero-order valence-corrected chi connectivity index (χ0v) is 12.0. The fraction of sp³-hybridized carbons (Fsp3) is 1.00. The van der Waals surface area contributed by atoms with Gasteiger partial charge in [-0.15, -0.1) is 0 Å². The van der Waals surface area contributed by atoms with Crippen LogP contribution in [0.2, 0.25) is 0 Å². The van der Waals surface area contributed by atoms with Crippen LogP contribution in [0.1, 0.15) is 51.9 Å². The van der Waals surface area contributed by atoms with Crippen molar-refractivity contribution >= 4 is 0 Å². The number of nitrogens with zero attached hydrogens (tertiary/aromatic N) is 1. The molecule has 1 heterocycles. The Morgan fingerprint density at radius 3 is 2.72 bits per heavy atom. The normalized spacial score (nSPS) is 39.7. The van der Waals surface area contributed by atoms with Gasteiger partial charge in [0.25, 0.3) is 0 Å². The molecule has 4 atom stereocenters. The van der Waals surface area contributed by atoms with E-state index in [4.69, 9.17) is 0 Å². The quantitative estimate of drug-likeness (QED) is 0.807. The van der Waals surface area contributed by atoms with Gasteiger partial charge in [-0.25, -0.2) is 0 Å². The second kappa shape index (κ2) is 5.92. The lowest BCUT2D eigenvalue weighted by Crippen LogP contribution is -2.48. The first-order valence-corrected chi connectivity index (χ1v) is 8.31. The summed E-state index contributed by atoms with van der Waals surface area (Å²) in [7, 11) is 0. The van der Waals surface area contributed by atoms with Gasteiger partial charge in [0, 0.05) is 19.1 Å². The van der Waals surface area contributed by atoms with Crippen LogP contribution < -0.4 is 5.32 Å². The van der Waals surface area contributed by atoms with E-state index in [2.05, 4.69) is 17.1 Å². The predicted molar refractivity (Wildman–Crippen MR) is 76.7 cm³/mol. The number of nitrogens with one attached hydrogen (secondary N) is 1. The lowest BCUT2D eigenvalue weighted by Gasteiger charge is -2.37. The molecule has 3 fully saturated rings. The van der Waals surface area contributed by atoms with Gasteiger partial charge in [0.05, 0.1) is 0 Å². The van der Waals surface area contributed by atoms with E-state index in [0.717, 1.165) is 23.8 Å². The maximum atomic E-state index is 3.59. The molecule has 1 aliphatic heterocycles. The average Bonchev–Trinajstić information content (AvgIpc) is 3.01. The summed E-state index contributed by atoms with van der Waals surface area (Å²) >= 11 is 0. The van der Waals surface area contributed by atoms with Crippen LogP contribution in [0.15, 0.2) is 0 Å². The number of hydrogen-bond donors (Lipinski definition) is 1. The first-order chi connectivity index (χ1) is 8.86. The van der Waals surface area contributed by atoms with Gasteiger partial charge in [0.15, 0.2) is 0 Å². The Kier molecular flexibility index (Phi) is 4.25. The molecule has 2 bridgehead atoms. The highest BCUT2D eigenvalue weighted by Gasteiger charge is 2.40. The fourth-order valence-corrected chi connectivity index (χ4v) is 4.76. The molecule has 4 unspecified atom stereocenters. The van der Waals surface area contributed by atoms with E-state index in [0.29, 0.717) is 0 Å². The Bertz CT molecular complexity index is 260. The summed E-state index contributed by atoms with van der Waals surface area (Å²) in [6.07, 6.45) is 10.3. The highest BCUT2D eigenvalue weighted by Crippen LogP contribution is 2.48. The van der Waals surface area contributed by atoms with Crippen molar-refractivity contribution in [2.24, 2.45) is 17.8 Å². The van der Waals surface area contributed by atoms with Crippen LogP contribution in [0.3, 0.4) is 0 Å². The Morgan fingerprint density at radius 2 is 2.11 bits per heavy atom. The summed E-state index contributed by atoms with van der Waals surface area (Å²) in [5, 5.41) is 3.59. The van der Waals surface area contributed by atoms with Crippen molar-refractivity contribution in [2.75, 3.05) is 26.2 Å². The minimum atomic E-state index is 0.831. The summed E-state index contributed by atoms with van der Waals surface area (Å²) in [6, 6.07) is 0.831. The fourth-order valence-electron chi connectivity index (χ4n) is 4.76. The van der Waals surface area contributed by atoms with Crippen LogP contribution in [0.25, 0.3) is 0 Å². The van der Waals surface area contributed by atoms with Crippen molar-refractivity contribution < 1.29 is 0 Å². The third-order valence-corrected chi connectivity index (χ3v) is 5.65. The number of hydrogen-bond acceptors (Lipinski definition) is 2. The van der Waals surface area contributed by atoms with E-state index in [9.17, 15) is 0 Å². The first kappa shape index (κ1) is 12.9. The summed E-state index contributed by atoms with van der Waals surface area (Å²) in [6.45, 7) is 7.54. The molecule has 2 saturated carbocycles. The van der Waals surface area contributed by atoms with E-state index in [-0.39, 0.29) is 0 Å². The minimum absolute atomic E-state index is 0.831. The van der Waals surface area contributed by atoms with Crippen molar-refractivity contribution in [3.05, 3.63) is 0 Å². The van der Waals surface area contributed by atoms with E-state index < -0.39 is 0 Å². The van der Waals surface area contributed by atoms with Gasteiger partial charge in [-0.05, 0) is 69.4 Å². The second-order valence-electron chi connectivity index (χ2n) is 6.93. The van der Waals surface area contributed by atoms with Gasteiger partial charge in [-0.2, -0.15) is 0 Å². The van der Waals surface area contributed by atoms with Crippen LogP contribution in [0.4, 0.5) is 0 Å². The lowest BCUT2D eigenvalue weighted by molar-refractivity contribution is 0.122. The van der Waals surface area contributed by atoms with Gasteiger partial charge < -0.3 is 5.32 Å². The van der Waals surface area contributed by atoms with E-state index in [1.165, 1.54) is 51.9 Å². The highest BCUT2D eigenvalue weighted by atomic mass is 15.2. The van der Waals surface area contributed by atoms with Crippen molar-refractivity contribution in [3.63, 3.8) is 0 Å². The van der Waals surface area contributed by atoms with Crippen molar-refractivity contribution in [3.8, 4) is 0 Å².